The van der Waals surface area contributed by atoms with Crippen LogP contribution in [0.1, 0.15) is 34.3 Å². The molecule has 1 saturated carbocycles. The van der Waals surface area contributed by atoms with Crippen molar-refractivity contribution in [3.63, 3.8) is 0 Å². The lowest BCUT2D eigenvalue weighted by Gasteiger charge is -2.21. The molecule has 148 valence electrons. The Labute approximate surface area is 168 Å². The first-order valence-electron chi connectivity index (χ1n) is 9.98. The molecular weight excluding hydrogens is 370 g/mol. The summed E-state index contributed by atoms with van der Waals surface area (Å²) in [5.41, 5.74) is 3.13. The Bertz CT molecular complexity index is 1100. The summed E-state index contributed by atoms with van der Waals surface area (Å²) in [6, 6.07) is 15.9. The molecule has 3 aromatic rings. The maximum atomic E-state index is 13.2. The van der Waals surface area contributed by atoms with Crippen LogP contribution >= 0.6 is 0 Å². The SMILES string of the molecule is Cc1cccc2c(Nc3cccc(C(F)F)c3)ccc(C(=O)N3CC4CC4C3)c12. The largest absolute Gasteiger partial charge is 0.355 e. The van der Waals surface area contributed by atoms with Gasteiger partial charge in [0.05, 0.1) is 0 Å². The summed E-state index contributed by atoms with van der Waals surface area (Å²) >= 11 is 0. The average Bonchev–Trinajstić information content (AvgIpc) is 3.33. The van der Waals surface area contributed by atoms with E-state index in [0.717, 1.165) is 35.1 Å². The highest BCUT2D eigenvalue weighted by atomic mass is 19.3. The zero-order chi connectivity index (χ0) is 20.1. The fraction of sp³-hybridized carbons (Fsp3) is 0.292. The van der Waals surface area contributed by atoms with Gasteiger partial charge in [-0.1, -0.05) is 30.3 Å². The first-order valence-corrected chi connectivity index (χ1v) is 9.98. The molecule has 1 aliphatic heterocycles. The van der Waals surface area contributed by atoms with E-state index in [1.807, 2.05) is 42.2 Å². The zero-order valence-electron chi connectivity index (χ0n) is 16.2. The minimum Gasteiger partial charge on any atom is -0.355 e. The molecule has 5 heteroatoms. The predicted molar refractivity (Wildman–Crippen MR) is 111 cm³/mol. The molecular formula is C24H22F2N2O. The number of benzene rings is 3. The number of carbonyl (C=O) groups is 1. The van der Waals surface area contributed by atoms with Crippen molar-refractivity contribution in [1.29, 1.82) is 0 Å². The van der Waals surface area contributed by atoms with Crippen LogP contribution in [0.15, 0.2) is 54.6 Å². The molecule has 29 heavy (non-hydrogen) atoms. The molecule has 1 N–H and O–H groups in total. The summed E-state index contributed by atoms with van der Waals surface area (Å²) in [5.74, 6) is 1.46. The summed E-state index contributed by atoms with van der Waals surface area (Å²) in [7, 11) is 0. The van der Waals surface area contributed by atoms with Gasteiger partial charge < -0.3 is 10.2 Å². The number of nitrogens with zero attached hydrogens (tertiary/aromatic N) is 1. The third-order valence-electron chi connectivity index (χ3n) is 6.16. The highest BCUT2D eigenvalue weighted by Gasteiger charge is 2.46. The van der Waals surface area contributed by atoms with E-state index < -0.39 is 6.43 Å². The van der Waals surface area contributed by atoms with E-state index in [-0.39, 0.29) is 11.5 Å². The number of halogens is 2. The van der Waals surface area contributed by atoms with Crippen LogP contribution < -0.4 is 5.32 Å². The maximum absolute atomic E-state index is 13.2. The third-order valence-corrected chi connectivity index (χ3v) is 6.16. The fourth-order valence-electron chi connectivity index (χ4n) is 4.52. The van der Waals surface area contributed by atoms with E-state index in [0.29, 0.717) is 23.1 Å². The van der Waals surface area contributed by atoms with Gasteiger partial charge in [0.25, 0.3) is 12.3 Å². The standard InChI is InChI=1S/C24H22F2N2O/c1-14-4-2-7-19-21(27-18-6-3-5-15(11-18)23(25)26)9-8-20(22(14)19)24(29)28-12-16-10-17(16)13-28/h2-9,11,16-17,23,27H,10,12-13H2,1H3. The van der Waals surface area contributed by atoms with Gasteiger partial charge in [0, 0.05) is 41.0 Å². The van der Waals surface area contributed by atoms with Crippen LogP contribution in [0, 0.1) is 18.8 Å². The number of carbonyl (C=O) groups excluding carboxylic acids is 1. The lowest BCUT2D eigenvalue weighted by Crippen LogP contribution is -2.30. The number of hydrogen-bond acceptors (Lipinski definition) is 2. The van der Waals surface area contributed by atoms with Crippen LogP contribution in [0.2, 0.25) is 0 Å². The molecule has 3 aromatic carbocycles. The number of nitrogens with one attached hydrogen (secondary N) is 1. The number of anilines is 2. The second-order valence-corrected chi connectivity index (χ2v) is 8.18. The van der Waals surface area contributed by atoms with Gasteiger partial charge in [-0.15, -0.1) is 0 Å². The number of hydrogen-bond donors (Lipinski definition) is 1. The number of rotatable bonds is 4. The normalized spacial score (nSPS) is 20.2. The summed E-state index contributed by atoms with van der Waals surface area (Å²) in [6.45, 7) is 3.72. The summed E-state index contributed by atoms with van der Waals surface area (Å²) in [5, 5.41) is 5.10. The lowest BCUT2D eigenvalue weighted by molar-refractivity contribution is 0.0777. The molecule has 3 nitrogen and oxygen atoms in total. The first kappa shape index (κ1) is 18.1. The van der Waals surface area contributed by atoms with Gasteiger partial charge in [0.15, 0.2) is 0 Å². The Kier molecular flexibility index (Phi) is 4.26. The molecule has 1 aliphatic carbocycles. The van der Waals surface area contributed by atoms with Gasteiger partial charge in [-0.05, 0) is 60.4 Å². The van der Waals surface area contributed by atoms with Crippen LogP contribution in [0.5, 0.6) is 0 Å². The van der Waals surface area contributed by atoms with Gasteiger partial charge in [0.1, 0.15) is 0 Å². The zero-order valence-corrected chi connectivity index (χ0v) is 16.2. The number of fused-ring (bicyclic) bond motifs is 2. The highest BCUT2D eigenvalue weighted by Crippen LogP contribution is 2.45. The molecule has 5 rings (SSSR count). The van der Waals surface area contributed by atoms with Crippen molar-refractivity contribution in [3.8, 4) is 0 Å². The molecule has 0 radical (unpaired) electrons. The molecule has 2 aliphatic rings. The van der Waals surface area contributed by atoms with E-state index in [2.05, 4.69) is 5.32 Å². The summed E-state index contributed by atoms with van der Waals surface area (Å²) in [6.07, 6.45) is -1.26. The van der Waals surface area contributed by atoms with Gasteiger partial charge >= 0.3 is 0 Å². The van der Waals surface area contributed by atoms with E-state index >= 15 is 0 Å². The molecule has 1 amide bonds. The summed E-state index contributed by atoms with van der Waals surface area (Å²) < 4.78 is 26.1. The highest BCUT2D eigenvalue weighted by molar-refractivity contribution is 6.12. The molecule has 2 atom stereocenters. The van der Waals surface area contributed by atoms with Crippen molar-refractivity contribution < 1.29 is 13.6 Å². The van der Waals surface area contributed by atoms with Crippen molar-refractivity contribution >= 4 is 28.1 Å². The first-order chi connectivity index (χ1) is 14.0. The maximum Gasteiger partial charge on any atom is 0.263 e. The number of likely N-dealkylation sites (tertiary alicyclic amines) is 1. The minimum atomic E-state index is -2.51. The van der Waals surface area contributed by atoms with E-state index in [4.69, 9.17) is 0 Å². The van der Waals surface area contributed by atoms with Crippen molar-refractivity contribution in [2.24, 2.45) is 11.8 Å². The van der Waals surface area contributed by atoms with E-state index in [1.54, 1.807) is 12.1 Å². The topological polar surface area (TPSA) is 32.3 Å². The number of amides is 1. The quantitative estimate of drug-likeness (QED) is 0.598. The Morgan fingerprint density at radius 3 is 2.59 bits per heavy atom. The molecule has 1 heterocycles. The van der Waals surface area contributed by atoms with Crippen molar-refractivity contribution in [1.82, 2.24) is 4.90 Å². The molecule has 0 spiro atoms. The van der Waals surface area contributed by atoms with Crippen LogP contribution in [0.4, 0.5) is 20.2 Å². The predicted octanol–water partition coefficient (Wildman–Crippen LogP) is 5.92. The van der Waals surface area contributed by atoms with Crippen LogP contribution in [-0.4, -0.2) is 23.9 Å². The van der Waals surface area contributed by atoms with Crippen LogP contribution in [0.25, 0.3) is 10.8 Å². The fourth-order valence-corrected chi connectivity index (χ4v) is 4.52. The Morgan fingerprint density at radius 1 is 1.07 bits per heavy atom. The second kappa shape index (κ2) is 6.83. The monoisotopic (exact) mass is 392 g/mol. The Morgan fingerprint density at radius 2 is 1.83 bits per heavy atom. The average molecular weight is 392 g/mol. The molecule has 1 saturated heterocycles. The Hall–Kier alpha value is -2.95. The van der Waals surface area contributed by atoms with E-state index in [1.165, 1.54) is 18.6 Å². The van der Waals surface area contributed by atoms with Crippen molar-refractivity contribution in [2.45, 2.75) is 19.8 Å². The number of piperidine rings is 1. The van der Waals surface area contributed by atoms with Crippen molar-refractivity contribution in [2.75, 3.05) is 18.4 Å². The smallest absolute Gasteiger partial charge is 0.263 e. The number of aryl methyl sites for hydroxylation is 1. The van der Waals surface area contributed by atoms with E-state index in [9.17, 15) is 13.6 Å². The van der Waals surface area contributed by atoms with Gasteiger partial charge in [-0.25, -0.2) is 8.78 Å². The van der Waals surface area contributed by atoms with Crippen LogP contribution in [0.3, 0.4) is 0 Å². The number of alkyl halides is 2. The van der Waals surface area contributed by atoms with Gasteiger partial charge in [0.2, 0.25) is 0 Å². The van der Waals surface area contributed by atoms with Gasteiger partial charge in [-0.2, -0.15) is 0 Å². The summed E-state index contributed by atoms with van der Waals surface area (Å²) in [4.78, 5) is 15.2. The minimum absolute atomic E-state index is 0.0186. The molecule has 0 bridgehead atoms. The van der Waals surface area contributed by atoms with Crippen LogP contribution in [-0.2, 0) is 0 Å². The Balaban J connectivity index is 1.53. The molecule has 2 unspecified atom stereocenters. The van der Waals surface area contributed by atoms with Gasteiger partial charge in [-0.3, -0.25) is 4.79 Å². The molecule has 0 aromatic heterocycles. The van der Waals surface area contributed by atoms with Crippen molar-refractivity contribution in [3.05, 3.63) is 71.3 Å². The molecule has 2 fully saturated rings. The lowest BCUT2D eigenvalue weighted by atomic mass is 9.97. The second-order valence-electron chi connectivity index (χ2n) is 8.18. The third kappa shape index (κ3) is 3.24.